The molecule has 20 heavy (non-hydrogen) atoms. The summed E-state index contributed by atoms with van der Waals surface area (Å²) in [6.45, 7) is 5.20. The van der Waals surface area contributed by atoms with Crippen LogP contribution in [0.15, 0.2) is 12.1 Å². The van der Waals surface area contributed by atoms with Crippen LogP contribution in [0.5, 0.6) is 0 Å². The van der Waals surface area contributed by atoms with Gasteiger partial charge in [-0.25, -0.2) is 9.50 Å². The van der Waals surface area contributed by atoms with Crippen LogP contribution in [-0.2, 0) is 4.74 Å². The van der Waals surface area contributed by atoms with Gasteiger partial charge in [-0.15, -0.1) is 0 Å². The van der Waals surface area contributed by atoms with Gasteiger partial charge in [0.2, 0.25) is 0 Å². The van der Waals surface area contributed by atoms with E-state index in [-0.39, 0.29) is 12.0 Å². The number of nitrogens with one attached hydrogen (secondary N) is 1. The maximum atomic E-state index is 12.1. The number of imidazole rings is 1. The fourth-order valence-electron chi connectivity index (χ4n) is 2.38. The zero-order chi connectivity index (χ0) is 14.1. The maximum Gasteiger partial charge on any atom is 0.271 e. The van der Waals surface area contributed by atoms with Crippen LogP contribution >= 0.6 is 0 Å². The lowest BCUT2D eigenvalue weighted by Gasteiger charge is -2.10. The Bertz CT molecular complexity index is 644. The summed E-state index contributed by atoms with van der Waals surface area (Å²) in [6.07, 6.45) is 2.21. The van der Waals surface area contributed by atoms with E-state index in [1.165, 1.54) is 0 Å². The number of ether oxygens (including phenoxy) is 1. The molecular weight excluding hydrogens is 256 g/mol. The highest BCUT2D eigenvalue weighted by atomic mass is 16.5. The molecule has 0 radical (unpaired) electrons. The summed E-state index contributed by atoms with van der Waals surface area (Å²) in [5.74, 6) is -0.173. The first-order valence-electron chi connectivity index (χ1n) is 6.88. The van der Waals surface area contributed by atoms with E-state index in [2.05, 4.69) is 15.4 Å². The molecule has 0 aromatic carbocycles. The number of carbonyl (C=O) groups excluding carboxylic acids is 1. The lowest BCUT2D eigenvalue weighted by molar-refractivity contribution is 0.0852. The molecule has 1 aliphatic heterocycles. The molecule has 1 fully saturated rings. The fourth-order valence-corrected chi connectivity index (χ4v) is 2.38. The summed E-state index contributed by atoms with van der Waals surface area (Å²) >= 11 is 0. The molecule has 1 aliphatic rings. The van der Waals surface area contributed by atoms with Crippen molar-refractivity contribution in [2.45, 2.75) is 32.8 Å². The van der Waals surface area contributed by atoms with Gasteiger partial charge >= 0.3 is 0 Å². The number of rotatable bonds is 3. The summed E-state index contributed by atoms with van der Waals surface area (Å²) in [4.78, 5) is 16.5. The molecule has 0 spiro atoms. The smallest absolute Gasteiger partial charge is 0.271 e. The molecule has 3 rings (SSSR count). The van der Waals surface area contributed by atoms with Gasteiger partial charge < -0.3 is 10.1 Å². The van der Waals surface area contributed by atoms with E-state index < -0.39 is 0 Å². The van der Waals surface area contributed by atoms with E-state index in [1.807, 2.05) is 19.9 Å². The van der Waals surface area contributed by atoms with Crippen LogP contribution in [0.1, 0.15) is 34.7 Å². The Morgan fingerprint density at radius 3 is 3.10 bits per heavy atom. The van der Waals surface area contributed by atoms with Crippen LogP contribution in [0.25, 0.3) is 5.65 Å². The second kappa shape index (κ2) is 5.20. The summed E-state index contributed by atoms with van der Waals surface area (Å²) in [5.41, 5.74) is 3.04. The van der Waals surface area contributed by atoms with E-state index >= 15 is 0 Å². The molecule has 1 unspecified atom stereocenters. The highest BCUT2D eigenvalue weighted by Crippen LogP contribution is 2.12. The van der Waals surface area contributed by atoms with Crippen LogP contribution in [0.4, 0.5) is 0 Å². The summed E-state index contributed by atoms with van der Waals surface area (Å²) in [5, 5.41) is 7.21. The number of aromatic nitrogens is 3. The largest absolute Gasteiger partial charge is 0.376 e. The van der Waals surface area contributed by atoms with Crippen molar-refractivity contribution < 1.29 is 9.53 Å². The predicted octanol–water partition coefficient (Wildman–Crippen LogP) is 1.25. The summed E-state index contributed by atoms with van der Waals surface area (Å²) in [6, 6.07) is 3.51. The number of fused-ring (bicyclic) bond motifs is 1. The van der Waals surface area contributed by atoms with Gasteiger partial charge in [-0.05, 0) is 38.8 Å². The van der Waals surface area contributed by atoms with Gasteiger partial charge in [-0.3, -0.25) is 4.79 Å². The maximum absolute atomic E-state index is 12.1. The van der Waals surface area contributed by atoms with Gasteiger partial charge in [0.15, 0.2) is 5.65 Å². The molecule has 0 aliphatic carbocycles. The molecule has 3 heterocycles. The van der Waals surface area contributed by atoms with E-state index in [0.717, 1.165) is 36.5 Å². The molecule has 1 saturated heterocycles. The lowest BCUT2D eigenvalue weighted by atomic mass is 10.2. The molecule has 1 amide bonds. The molecule has 0 bridgehead atoms. The average Bonchev–Trinajstić information content (AvgIpc) is 3.06. The predicted molar refractivity (Wildman–Crippen MR) is 73.8 cm³/mol. The fraction of sp³-hybridized carbons (Fsp3) is 0.500. The molecule has 106 valence electrons. The third-order valence-electron chi connectivity index (χ3n) is 3.69. The van der Waals surface area contributed by atoms with E-state index in [9.17, 15) is 4.79 Å². The molecular formula is C14H18N4O2. The van der Waals surface area contributed by atoms with Crippen LogP contribution in [0.3, 0.4) is 0 Å². The summed E-state index contributed by atoms with van der Waals surface area (Å²) < 4.78 is 7.19. The van der Waals surface area contributed by atoms with Crippen LogP contribution < -0.4 is 5.32 Å². The number of aryl methyl sites for hydroxylation is 2. The quantitative estimate of drug-likeness (QED) is 0.914. The minimum absolute atomic E-state index is 0.139. The Morgan fingerprint density at radius 2 is 2.35 bits per heavy atom. The average molecular weight is 274 g/mol. The monoisotopic (exact) mass is 274 g/mol. The van der Waals surface area contributed by atoms with Crippen LogP contribution in [-0.4, -0.2) is 39.8 Å². The number of hydrogen-bond acceptors (Lipinski definition) is 4. The van der Waals surface area contributed by atoms with Crippen molar-refractivity contribution in [2.24, 2.45) is 0 Å². The van der Waals surface area contributed by atoms with Gasteiger partial charge in [0.05, 0.1) is 17.5 Å². The van der Waals surface area contributed by atoms with Gasteiger partial charge in [0, 0.05) is 13.2 Å². The van der Waals surface area contributed by atoms with Crippen molar-refractivity contribution in [2.75, 3.05) is 13.2 Å². The summed E-state index contributed by atoms with van der Waals surface area (Å²) in [7, 11) is 0. The molecule has 0 saturated carbocycles. The first-order valence-corrected chi connectivity index (χ1v) is 6.88. The molecule has 1 atom stereocenters. The Morgan fingerprint density at radius 1 is 1.50 bits per heavy atom. The van der Waals surface area contributed by atoms with Crippen LogP contribution in [0.2, 0.25) is 0 Å². The third kappa shape index (κ3) is 2.38. The molecule has 6 heteroatoms. The van der Waals surface area contributed by atoms with Crippen LogP contribution in [0, 0.1) is 13.8 Å². The number of carbonyl (C=O) groups is 1. The van der Waals surface area contributed by atoms with Crippen molar-refractivity contribution in [1.82, 2.24) is 19.9 Å². The van der Waals surface area contributed by atoms with Gasteiger partial charge in [-0.1, -0.05) is 0 Å². The Balaban J connectivity index is 1.75. The van der Waals surface area contributed by atoms with Crippen molar-refractivity contribution >= 4 is 11.6 Å². The van der Waals surface area contributed by atoms with Gasteiger partial charge in [-0.2, -0.15) is 5.10 Å². The Kier molecular flexibility index (Phi) is 3.40. The normalized spacial score (nSPS) is 18.6. The van der Waals surface area contributed by atoms with Crippen molar-refractivity contribution in [3.63, 3.8) is 0 Å². The second-order valence-electron chi connectivity index (χ2n) is 5.12. The first kappa shape index (κ1) is 13.1. The highest BCUT2D eigenvalue weighted by molar-refractivity contribution is 5.92. The highest BCUT2D eigenvalue weighted by Gasteiger charge is 2.17. The Hall–Kier alpha value is -1.95. The first-order chi connectivity index (χ1) is 9.65. The van der Waals surface area contributed by atoms with Crippen molar-refractivity contribution in [1.29, 1.82) is 0 Å². The Labute approximate surface area is 117 Å². The second-order valence-corrected chi connectivity index (χ2v) is 5.12. The van der Waals surface area contributed by atoms with E-state index in [1.54, 1.807) is 10.6 Å². The van der Waals surface area contributed by atoms with Gasteiger partial charge in [0.25, 0.3) is 5.91 Å². The molecule has 2 aromatic heterocycles. The standard InChI is InChI=1S/C14H18N4O2/c1-9-10(2)18-13(16-9)6-5-12(17-18)14(19)15-8-11-4-3-7-20-11/h5-6,11H,3-4,7-8H2,1-2H3,(H,15,19). The molecule has 1 N–H and O–H groups in total. The topological polar surface area (TPSA) is 68.5 Å². The van der Waals surface area contributed by atoms with E-state index in [0.29, 0.717) is 12.2 Å². The van der Waals surface area contributed by atoms with Gasteiger partial charge in [0.1, 0.15) is 5.69 Å². The molecule has 2 aromatic rings. The zero-order valence-corrected chi connectivity index (χ0v) is 11.7. The lowest BCUT2D eigenvalue weighted by Crippen LogP contribution is -2.32. The van der Waals surface area contributed by atoms with E-state index in [4.69, 9.17) is 4.74 Å². The minimum Gasteiger partial charge on any atom is -0.376 e. The number of amides is 1. The minimum atomic E-state index is -0.173. The zero-order valence-electron chi connectivity index (χ0n) is 11.7. The van der Waals surface area contributed by atoms with Crippen molar-refractivity contribution in [3.8, 4) is 0 Å². The van der Waals surface area contributed by atoms with Crippen molar-refractivity contribution in [3.05, 3.63) is 29.2 Å². The number of nitrogens with zero attached hydrogens (tertiary/aromatic N) is 3. The SMILES string of the molecule is Cc1nc2ccc(C(=O)NCC3CCCO3)nn2c1C. The molecule has 6 nitrogen and oxygen atoms in total. The third-order valence-corrected chi connectivity index (χ3v) is 3.69. The number of hydrogen-bond donors (Lipinski definition) is 1.